The molecule has 108 valence electrons. The molecule has 1 unspecified atom stereocenters. The molecular formula is C13H23ClN4O. The number of aryl methyl sites for hydroxylation is 2. The Morgan fingerprint density at radius 3 is 2.84 bits per heavy atom. The van der Waals surface area contributed by atoms with Gasteiger partial charge in [0.1, 0.15) is 5.69 Å². The van der Waals surface area contributed by atoms with E-state index >= 15 is 0 Å². The zero-order chi connectivity index (χ0) is 13.1. The smallest absolute Gasteiger partial charge is 0.272 e. The molecule has 1 N–H and O–H groups in total. The lowest BCUT2D eigenvalue weighted by atomic mass is 10.2. The van der Waals surface area contributed by atoms with Crippen LogP contribution in [0.15, 0.2) is 6.07 Å². The average molecular weight is 287 g/mol. The number of carbonyl (C=O) groups excluding carboxylic acids is 1. The molecule has 1 fully saturated rings. The number of amides is 1. The van der Waals surface area contributed by atoms with Gasteiger partial charge in [-0.3, -0.25) is 9.48 Å². The lowest BCUT2D eigenvalue weighted by molar-refractivity contribution is 0.0681. The maximum atomic E-state index is 12.6. The van der Waals surface area contributed by atoms with E-state index in [-0.39, 0.29) is 18.3 Å². The summed E-state index contributed by atoms with van der Waals surface area (Å²) in [5, 5.41) is 7.58. The summed E-state index contributed by atoms with van der Waals surface area (Å²) in [6.07, 6.45) is 2.03. The molecule has 0 saturated carbocycles. The van der Waals surface area contributed by atoms with Crippen LogP contribution in [0.4, 0.5) is 0 Å². The molecule has 0 aliphatic carbocycles. The first-order valence-electron chi connectivity index (χ1n) is 6.65. The van der Waals surface area contributed by atoms with Crippen molar-refractivity contribution >= 4 is 18.3 Å². The van der Waals surface area contributed by atoms with E-state index in [9.17, 15) is 4.79 Å². The first-order valence-corrected chi connectivity index (χ1v) is 6.65. The molecule has 1 aliphatic heterocycles. The molecule has 2 heterocycles. The van der Waals surface area contributed by atoms with Crippen LogP contribution in [0, 0.1) is 6.92 Å². The number of nitrogens with zero attached hydrogens (tertiary/aromatic N) is 3. The van der Waals surface area contributed by atoms with E-state index in [1.807, 2.05) is 24.9 Å². The standard InChI is InChI=1S/C13H22N4O.ClH/c1-4-7-17(11-5-6-14-9-11)13(18)12-8-10(2)15-16(12)3;/h8,11,14H,4-7,9H2,1-3H3;1H. The molecular weight excluding hydrogens is 264 g/mol. The molecule has 0 bridgehead atoms. The predicted molar refractivity (Wildman–Crippen MR) is 77.8 cm³/mol. The Kier molecular flexibility index (Phi) is 5.82. The Labute approximate surface area is 120 Å². The molecule has 6 heteroatoms. The number of hydrogen-bond donors (Lipinski definition) is 1. The summed E-state index contributed by atoms with van der Waals surface area (Å²) in [6, 6.07) is 2.19. The Balaban J connectivity index is 0.00000180. The van der Waals surface area contributed by atoms with Gasteiger partial charge in [-0.2, -0.15) is 5.10 Å². The van der Waals surface area contributed by atoms with Gasteiger partial charge in [0.2, 0.25) is 0 Å². The monoisotopic (exact) mass is 286 g/mol. The second kappa shape index (κ2) is 6.91. The second-order valence-corrected chi connectivity index (χ2v) is 4.94. The van der Waals surface area contributed by atoms with Crippen LogP contribution >= 0.6 is 12.4 Å². The molecule has 19 heavy (non-hydrogen) atoms. The van der Waals surface area contributed by atoms with Crippen LogP contribution in [0.25, 0.3) is 0 Å². The highest BCUT2D eigenvalue weighted by Gasteiger charge is 2.28. The molecule has 1 saturated heterocycles. The summed E-state index contributed by atoms with van der Waals surface area (Å²) >= 11 is 0. The minimum Gasteiger partial charge on any atom is -0.333 e. The van der Waals surface area contributed by atoms with Crippen molar-refractivity contribution in [2.45, 2.75) is 32.7 Å². The van der Waals surface area contributed by atoms with Crippen molar-refractivity contribution in [3.05, 3.63) is 17.5 Å². The number of nitrogens with one attached hydrogen (secondary N) is 1. The third kappa shape index (κ3) is 3.48. The van der Waals surface area contributed by atoms with Gasteiger partial charge >= 0.3 is 0 Å². The van der Waals surface area contributed by atoms with Gasteiger partial charge in [0.25, 0.3) is 5.91 Å². The number of hydrogen-bond acceptors (Lipinski definition) is 3. The van der Waals surface area contributed by atoms with Crippen molar-refractivity contribution in [1.82, 2.24) is 20.0 Å². The third-order valence-corrected chi connectivity index (χ3v) is 3.42. The van der Waals surface area contributed by atoms with Crippen LogP contribution in [0.3, 0.4) is 0 Å². The fourth-order valence-corrected chi connectivity index (χ4v) is 2.55. The Morgan fingerprint density at radius 1 is 1.63 bits per heavy atom. The number of rotatable bonds is 4. The number of aromatic nitrogens is 2. The Bertz CT molecular complexity index is 426. The lowest BCUT2D eigenvalue weighted by Gasteiger charge is -2.28. The Morgan fingerprint density at radius 2 is 2.37 bits per heavy atom. The highest BCUT2D eigenvalue weighted by molar-refractivity contribution is 5.93. The predicted octanol–water partition coefficient (Wildman–Crippen LogP) is 1.36. The van der Waals surface area contributed by atoms with Gasteiger partial charge in [0.05, 0.1) is 5.69 Å². The molecule has 1 aromatic rings. The van der Waals surface area contributed by atoms with Crippen LogP contribution < -0.4 is 5.32 Å². The SMILES string of the molecule is CCCN(C(=O)c1cc(C)nn1C)C1CCNC1.Cl. The fraction of sp³-hybridized carbons (Fsp3) is 0.692. The molecule has 1 aliphatic rings. The first-order chi connectivity index (χ1) is 8.63. The van der Waals surface area contributed by atoms with Crippen molar-refractivity contribution in [2.24, 2.45) is 7.05 Å². The topological polar surface area (TPSA) is 50.2 Å². The molecule has 1 amide bonds. The van der Waals surface area contributed by atoms with Gasteiger partial charge in [-0.05, 0) is 32.4 Å². The minimum atomic E-state index is 0. The van der Waals surface area contributed by atoms with Gasteiger partial charge in [-0.1, -0.05) is 6.92 Å². The summed E-state index contributed by atoms with van der Waals surface area (Å²) in [5.41, 5.74) is 1.58. The molecule has 0 aromatic carbocycles. The van der Waals surface area contributed by atoms with Crippen LogP contribution in [0.2, 0.25) is 0 Å². The van der Waals surface area contributed by atoms with E-state index < -0.39 is 0 Å². The Hall–Kier alpha value is -1.07. The summed E-state index contributed by atoms with van der Waals surface area (Å²) in [5.74, 6) is 0.105. The maximum absolute atomic E-state index is 12.6. The van der Waals surface area contributed by atoms with Gasteiger partial charge in [-0.25, -0.2) is 0 Å². The zero-order valence-corrected chi connectivity index (χ0v) is 12.7. The van der Waals surface area contributed by atoms with Crippen LogP contribution in [-0.4, -0.2) is 46.3 Å². The van der Waals surface area contributed by atoms with E-state index in [2.05, 4.69) is 17.3 Å². The first kappa shape index (κ1) is 16.0. The largest absolute Gasteiger partial charge is 0.333 e. The zero-order valence-electron chi connectivity index (χ0n) is 11.8. The third-order valence-electron chi connectivity index (χ3n) is 3.42. The minimum absolute atomic E-state index is 0. The van der Waals surface area contributed by atoms with E-state index in [1.54, 1.807) is 4.68 Å². The summed E-state index contributed by atoms with van der Waals surface area (Å²) < 4.78 is 1.68. The van der Waals surface area contributed by atoms with E-state index in [0.717, 1.165) is 38.2 Å². The van der Waals surface area contributed by atoms with Crippen LogP contribution in [0.5, 0.6) is 0 Å². The molecule has 1 aromatic heterocycles. The van der Waals surface area contributed by atoms with E-state index in [1.165, 1.54) is 0 Å². The summed E-state index contributed by atoms with van der Waals surface area (Å²) in [6.45, 7) is 6.75. The molecule has 2 rings (SSSR count). The fourth-order valence-electron chi connectivity index (χ4n) is 2.55. The number of carbonyl (C=O) groups is 1. The van der Waals surface area contributed by atoms with Crippen LogP contribution in [0.1, 0.15) is 35.9 Å². The normalized spacial score (nSPS) is 18.2. The van der Waals surface area contributed by atoms with Crippen molar-refractivity contribution in [1.29, 1.82) is 0 Å². The molecule has 0 radical (unpaired) electrons. The average Bonchev–Trinajstić information content (AvgIpc) is 2.95. The number of halogens is 1. The highest BCUT2D eigenvalue weighted by Crippen LogP contribution is 2.14. The van der Waals surface area contributed by atoms with Gasteiger partial charge < -0.3 is 10.2 Å². The van der Waals surface area contributed by atoms with Crippen molar-refractivity contribution < 1.29 is 4.79 Å². The van der Waals surface area contributed by atoms with Crippen molar-refractivity contribution in [3.8, 4) is 0 Å². The van der Waals surface area contributed by atoms with Gasteiger partial charge in [0, 0.05) is 26.2 Å². The van der Waals surface area contributed by atoms with Crippen molar-refractivity contribution in [2.75, 3.05) is 19.6 Å². The quantitative estimate of drug-likeness (QED) is 0.909. The highest BCUT2D eigenvalue weighted by atomic mass is 35.5. The van der Waals surface area contributed by atoms with E-state index in [0.29, 0.717) is 11.7 Å². The molecule has 0 spiro atoms. The molecule has 1 atom stereocenters. The van der Waals surface area contributed by atoms with Gasteiger partial charge in [-0.15, -0.1) is 12.4 Å². The molecule has 5 nitrogen and oxygen atoms in total. The van der Waals surface area contributed by atoms with Gasteiger partial charge in [0.15, 0.2) is 0 Å². The summed E-state index contributed by atoms with van der Waals surface area (Å²) in [7, 11) is 1.83. The van der Waals surface area contributed by atoms with Crippen molar-refractivity contribution in [3.63, 3.8) is 0 Å². The lowest BCUT2D eigenvalue weighted by Crippen LogP contribution is -2.42. The second-order valence-electron chi connectivity index (χ2n) is 4.94. The summed E-state index contributed by atoms with van der Waals surface area (Å²) in [4.78, 5) is 14.6. The van der Waals surface area contributed by atoms with E-state index in [4.69, 9.17) is 0 Å². The van der Waals surface area contributed by atoms with Crippen LogP contribution in [-0.2, 0) is 7.05 Å². The maximum Gasteiger partial charge on any atom is 0.272 e.